The Kier molecular flexibility index (Phi) is 4.20. The molecule has 88 valence electrons. The summed E-state index contributed by atoms with van der Waals surface area (Å²) in [5, 5.41) is 10.5. The van der Waals surface area contributed by atoms with Crippen LogP contribution >= 0.6 is 11.6 Å². The van der Waals surface area contributed by atoms with E-state index in [0.717, 1.165) is 0 Å². The maximum absolute atomic E-state index is 10.6. The van der Waals surface area contributed by atoms with Gasteiger partial charge in [0.15, 0.2) is 0 Å². The molecule has 0 saturated heterocycles. The molecule has 1 aromatic heterocycles. The van der Waals surface area contributed by atoms with Gasteiger partial charge in [0, 0.05) is 24.2 Å². The van der Waals surface area contributed by atoms with Gasteiger partial charge in [-0.2, -0.15) is 0 Å². The largest absolute Gasteiger partial charge is 0.330 e. The van der Waals surface area contributed by atoms with Crippen molar-refractivity contribution in [2.75, 3.05) is 6.54 Å². The maximum atomic E-state index is 10.6. The Balaban J connectivity index is 3.09. The first-order valence-electron chi connectivity index (χ1n) is 4.98. The molecule has 0 aliphatic carbocycles. The van der Waals surface area contributed by atoms with Crippen LogP contribution in [0.25, 0.3) is 0 Å². The summed E-state index contributed by atoms with van der Waals surface area (Å²) in [6.45, 7) is 4.49. The topological polar surface area (TPSA) is 82.0 Å². The minimum absolute atomic E-state index is 0.0679. The summed E-state index contributed by atoms with van der Waals surface area (Å²) in [5.74, 6) is 0.383. The highest BCUT2D eigenvalue weighted by molar-refractivity contribution is 6.31. The van der Waals surface area contributed by atoms with E-state index in [-0.39, 0.29) is 16.8 Å². The lowest BCUT2D eigenvalue weighted by atomic mass is 9.92. The van der Waals surface area contributed by atoms with Gasteiger partial charge >= 0.3 is 5.69 Å². The second-order valence-electron chi connectivity index (χ2n) is 3.89. The van der Waals surface area contributed by atoms with Gasteiger partial charge in [-0.25, -0.2) is 4.98 Å². The molecule has 0 saturated carbocycles. The molecule has 1 atom stereocenters. The fourth-order valence-corrected chi connectivity index (χ4v) is 1.75. The molecule has 0 aromatic carbocycles. The molecule has 0 radical (unpaired) electrons. The second kappa shape index (κ2) is 5.23. The fourth-order valence-electron chi connectivity index (χ4n) is 1.52. The van der Waals surface area contributed by atoms with Crippen LogP contribution < -0.4 is 5.73 Å². The normalized spacial score (nSPS) is 12.8. The van der Waals surface area contributed by atoms with Crippen molar-refractivity contribution < 1.29 is 4.92 Å². The number of rotatable bonds is 4. The SMILES string of the molecule is CC(C)C(CN)c1ccc([N+](=O)[O-])c(Cl)n1. The molecule has 5 nitrogen and oxygen atoms in total. The molecule has 0 bridgehead atoms. The fraction of sp³-hybridized carbons (Fsp3) is 0.500. The van der Waals surface area contributed by atoms with Crippen molar-refractivity contribution in [1.29, 1.82) is 0 Å². The van der Waals surface area contributed by atoms with Crippen molar-refractivity contribution >= 4 is 17.3 Å². The molecule has 0 aliphatic heterocycles. The third kappa shape index (κ3) is 2.68. The van der Waals surface area contributed by atoms with Gasteiger partial charge in [0.05, 0.1) is 4.92 Å². The van der Waals surface area contributed by atoms with E-state index >= 15 is 0 Å². The molecule has 16 heavy (non-hydrogen) atoms. The number of nitrogens with zero attached hydrogens (tertiary/aromatic N) is 2. The number of nitrogens with two attached hydrogens (primary N) is 1. The van der Waals surface area contributed by atoms with Gasteiger partial charge in [-0.05, 0) is 12.0 Å². The van der Waals surface area contributed by atoms with Crippen molar-refractivity contribution in [2.24, 2.45) is 11.7 Å². The summed E-state index contributed by atoms with van der Waals surface area (Å²) in [6, 6.07) is 2.98. The van der Waals surface area contributed by atoms with Crippen molar-refractivity contribution in [2.45, 2.75) is 19.8 Å². The Morgan fingerprint density at radius 2 is 2.19 bits per heavy atom. The number of nitro groups is 1. The number of hydrogen-bond acceptors (Lipinski definition) is 4. The lowest BCUT2D eigenvalue weighted by Gasteiger charge is -2.18. The minimum atomic E-state index is -0.550. The van der Waals surface area contributed by atoms with Crippen molar-refractivity contribution in [3.63, 3.8) is 0 Å². The van der Waals surface area contributed by atoms with Gasteiger partial charge in [0.2, 0.25) is 5.15 Å². The van der Waals surface area contributed by atoms with E-state index in [9.17, 15) is 10.1 Å². The summed E-state index contributed by atoms with van der Waals surface area (Å²) >= 11 is 5.74. The predicted molar refractivity (Wildman–Crippen MR) is 62.5 cm³/mol. The summed E-state index contributed by atoms with van der Waals surface area (Å²) in [5.41, 5.74) is 6.16. The average Bonchev–Trinajstić information content (AvgIpc) is 2.17. The quantitative estimate of drug-likeness (QED) is 0.500. The highest BCUT2D eigenvalue weighted by Crippen LogP contribution is 2.27. The van der Waals surface area contributed by atoms with Crippen LogP contribution in [-0.2, 0) is 0 Å². The van der Waals surface area contributed by atoms with Crippen LogP contribution in [-0.4, -0.2) is 16.5 Å². The first-order chi connectivity index (χ1) is 7.47. The van der Waals surface area contributed by atoms with Crippen LogP contribution in [0.1, 0.15) is 25.5 Å². The standard InChI is InChI=1S/C10H14ClN3O2/c1-6(2)7(5-12)8-3-4-9(14(15)16)10(11)13-8/h3-4,6-7H,5,12H2,1-2H3. The number of pyridine rings is 1. The molecule has 2 N–H and O–H groups in total. The van der Waals surface area contributed by atoms with E-state index < -0.39 is 4.92 Å². The molecule has 1 unspecified atom stereocenters. The van der Waals surface area contributed by atoms with Crippen LogP contribution in [0.2, 0.25) is 5.15 Å². The van der Waals surface area contributed by atoms with E-state index in [4.69, 9.17) is 17.3 Å². The van der Waals surface area contributed by atoms with Gasteiger partial charge in [-0.3, -0.25) is 10.1 Å². The Bertz CT molecular complexity index is 396. The van der Waals surface area contributed by atoms with E-state index in [1.165, 1.54) is 6.07 Å². The zero-order valence-corrected chi connectivity index (χ0v) is 9.94. The molecule has 1 aromatic rings. The second-order valence-corrected chi connectivity index (χ2v) is 4.25. The van der Waals surface area contributed by atoms with Crippen molar-refractivity contribution in [3.05, 3.63) is 33.1 Å². The van der Waals surface area contributed by atoms with E-state index in [1.807, 2.05) is 13.8 Å². The highest BCUT2D eigenvalue weighted by Gasteiger charge is 2.20. The first kappa shape index (κ1) is 12.9. The molecule has 6 heteroatoms. The molecule has 1 heterocycles. The van der Waals surface area contributed by atoms with Crippen LogP contribution in [0.4, 0.5) is 5.69 Å². The van der Waals surface area contributed by atoms with E-state index in [0.29, 0.717) is 18.2 Å². The number of hydrogen-bond donors (Lipinski definition) is 1. The van der Waals surface area contributed by atoms with Gasteiger partial charge in [0.1, 0.15) is 0 Å². The van der Waals surface area contributed by atoms with E-state index in [1.54, 1.807) is 6.07 Å². The zero-order chi connectivity index (χ0) is 12.3. The van der Waals surface area contributed by atoms with Gasteiger partial charge < -0.3 is 5.73 Å². The van der Waals surface area contributed by atoms with Crippen LogP contribution in [0.3, 0.4) is 0 Å². The molecule has 0 aliphatic rings. The third-order valence-corrected chi connectivity index (χ3v) is 2.76. The third-order valence-electron chi connectivity index (χ3n) is 2.49. The van der Waals surface area contributed by atoms with Crippen LogP contribution in [0, 0.1) is 16.0 Å². The lowest BCUT2D eigenvalue weighted by molar-refractivity contribution is -0.385. The minimum Gasteiger partial charge on any atom is -0.330 e. The van der Waals surface area contributed by atoms with Gasteiger partial charge in [-0.15, -0.1) is 0 Å². The number of halogens is 1. The maximum Gasteiger partial charge on any atom is 0.306 e. The smallest absolute Gasteiger partial charge is 0.306 e. The number of aromatic nitrogens is 1. The Morgan fingerprint density at radius 1 is 1.56 bits per heavy atom. The summed E-state index contributed by atoms with van der Waals surface area (Å²) in [4.78, 5) is 14.0. The zero-order valence-electron chi connectivity index (χ0n) is 9.18. The molecule has 0 fully saturated rings. The van der Waals surface area contributed by atoms with Crippen LogP contribution in [0.5, 0.6) is 0 Å². The molecule has 1 rings (SSSR count). The van der Waals surface area contributed by atoms with Crippen molar-refractivity contribution in [1.82, 2.24) is 4.98 Å². The summed E-state index contributed by atoms with van der Waals surface area (Å²) in [6.07, 6.45) is 0. The Hall–Kier alpha value is -1.20. The summed E-state index contributed by atoms with van der Waals surface area (Å²) in [7, 11) is 0. The Morgan fingerprint density at radius 3 is 2.56 bits per heavy atom. The van der Waals surface area contributed by atoms with Crippen molar-refractivity contribution in [3.8, 4) is 0 Å². The van der Waals surface area contributed by atoms with Gasteiger partial charge in [0.25, 0.3) is 0 Å². The molecular weight excluding hydrogens is 230 g/mol. The highest BCUT2D eigenvalue weighted by atomic mass is 35.5. The van der Waals surface area contributed by atoms with Gasteiger partial charge in [-0.1, -0.05) is 25.4 Å². The molecule has 0 spiro atoms. The first-order valence-corrected chi connectivity index (χ1v) is 5.36. The average molecular weight is 244 g/mol. The lowest BCUT2D eigenvalue weighted by Crippen LogP contribution is -2.19. The van der Waals surface area contributed by atoms with E-state index in [2.05, 4.69) is 4.98 Å². The molecular formula is C10H14ClN3O2. The molecule has 0 amide bonds. The van der Waals surface area contributed by atoms with Crippen LogP contribution in [0.15, 0.2) is 12.1 Å². The monoisotopic (exact) mass is 243 g/mol. The summed E-state index contributed by atoms with van der Waals surface area (Å²) < 4.78 is 0. The Labute approximate surface area is 98.8 Å². The predicted octanol–water partition coefficient (Wildman–Crippen LogP) is 2.34.